The van der Waals surface area contributed by atoms with Gasteiger partial charge in [-0.1, -0.05) is 0 Å². The van der Waals surface area contributed by atoms with Gasteiger partial charge in [-0.05, 0) is 38.8 Å². The molecule has 2 aliphatic heterocycles. The number of carbonyl (C=O) groups excluding carboxylic acids is 1. The Morgan fingerprint density at radius 1 is 1.14 bits per heavy atom. The maximum Gasteiger partial charge on any atom is 0.413 e. The summed E-state index contributed by atoms with van der Waals surface area (Å²) in [6, 6.07) is -0.321. The van der Waals surface area contributed by atoms with E-state index in [4.69, 9.17) is 4.55 Å². The third-order valence-corrected chi connectivity index (χ3v) is 4.04. The largest absolute Gasteiger partial charge is 0.413 e. The van der Waals surface area contributed by atoms with Gasteiger partial charge in [-0.25, -0.2) is 0 Å². The first-order valence-corrected chi connectivity index (χ1v) is 8.46. The highest BCUT2D eigenvalue weighted by Gasteiger charge is 2.28. The van der Waals surface area contributed by atoms with E-state index in [0.29, 0.717) is 19.4 Å². The summed E-state index contributed by atoms with van der Waals surface area (Å²) >= 11 is 0. The van der Waals surface area contributed by atoms with Crippen molar-refractivity contribution in [3.05, 3.63) is 0 Å². The molecule has 5 N–H and O–H groups in total. The Hall–Kier alpha value is -0.780. The number of piperidine rings is 2. The summed E-state index contributed by atoms with van der Waals surface area (Å²) in [5.74, 6) is -0.0175. The number of hydrogen-bond acceptors (Lipinski definition) is 7. The van der Waals surface area contributed by atoms with Gasteiger partial charge in [0.15, 0.2) is 0 Å². The van der Waals surface area contributed by atoms with Gasteiger partial charge in [-0.3, -0.25) is 9.35 Å². The first-order chi connectivity index (χ1) is 9.94. The van der Waals surface area contributed by atoms with E-state index < -0.39 is 10.4 Å². The van der Waals surface area contributed by atoms with Crippen molar-refractivity contribution < 1.29 is 22.0 Å². The Morgan fingerprint density at radius 2 is 1.86 bits per heavy atom. The molecule has 0 aromatic heterocycles. The van der Waals surface area contributed by atoms with Crippen molar-refractivity contribution in [2.45, 2.75) is 43.8 Å². The predicted molar refractivity (Wildman–Crippen MR) is 74.6 cm³/mol. The van der Waals surface area contributed by atoms with Gasteiger partial charge >= 0.3 is 10.4 Å². The summed E-state index contributed by atoms with van der Waals surface area (Å²) in [4.78, 5) is 12.1. The molecule has 0 aromatic rings. The topological polar surface area (TPSA) is 129 Å². The van der Waals surface area contributed by atoms with E-state index >= 15 is 0 Å². The Kier molecular flexibility index (Phi) is 5.90. The molecular formula is C11H22N4O5S. The Bertz CT molecular complexity index is 444. The van der Waals surface area contributed by atoms with Crippen LogP contribution in [0.25, 0.3) is 0 Å². The molecule has 0 aromatic carbocycles. The summed E-state index contributed by atoms with van der Waals surface area (Å²) in [6.45, 7) is 2.23. The van der Waals surface area contributed by atoms with Crippen LogP contribution in [0.1, 0.15) is 25.7 Å². The molecule has 9 nitrogen and oxygen atoms in total. The van der Waals surface area contributed by atoms with Gasteiger partial charge in [0.1, 0.15) is 0 Å². The molecule has 0 spiro atoms. The molecule has 0 aliphatic carbocycles. The summed E-state index contributed by atoms with van der Waals surface area (Å²) in [5.41, 5.74) is 2.26. The molecule has 2 rings (SSSR count). The Morgan fingerprint density at radius 3 is 2.43 bits per heavy atom. The number of carbonyl (C=O) groups is 1. The minimum atomic E-state index is -4.50. The molecule has 2 heterocycles. The third kappa shape index (κ3) is 5.85. The highest BCUT2D eigenvalue weighted by atomic mass is 32.3. The van der Waals surface area contributed by atoms with Gasteiger partial charge in [0.25, 0.3) is 0 Å². The standard InChI is InChI=1S/C11H22N4O5S/c16-11(14-8-3-5-12-6-4-8)10-2-1-9(7-13-10)15-20-21(17,18)19/h8-10,12-13,15H,1-7H2,(H,14,16)(H,17,18,19)/t9-,10+/m1/s1. The first kappa shape index (κ1) is 16.6. The minimum absolute atomic E-state index is 0.0175. The lowest BCUT2D eigenvalue weighted by Crippen LogP contribution is -2.55. The second kappa shape index (κ2) is 7.47. The quantitative estimate of drug-likeness (QED) is 0.299. The number of hydrogen-bond donors (Lipinski definition) is 5. The van der Waals surface area contributed by atoms with Gasteiger partial charge in [-0.15, -0.1) is 0 Å². The van der Waals surface area contributed by atoms with Gasteiger partial charge in [0.2, 0.25) is 5.91 Å². The number of amides is 1. The summed E-state index contributed by atoms with van der Waals surface area (Å²) in [5, 5.41) is 9.32. The van der Waals surface area contributed by atoms with E-state index in [1.54, 1.807) is 0 Å². The second-order valence-corrected chi connectivity index (χ2v) is 6.42. The monoisotopic (exact) mass is 322 g/mol. The summed E-state index contributed by atoms with van der Waals surface area (Å²) < 4.78 is 33.5. The highest BCUT2D eigenvalue weighted by molar-refractivity contribution is 7.80. The lowest BCUT2D eigenvalue weighted by atomic mass is 9.99. The first-order valence-electron chi connectivity index (χ1n) is 7.10. The zero-order valence-corrected chi connectivity index (χ0v) is 12.5. The molecule has 122 valence electrons. The summed E-state index contributed by atoms with van der Waals surface area (Å²) in [7, 11) is -4.50. The van der Waals surface area contributed by atoms with E-state index in [1.807, 2.05) is 0 Å². The SMILES string of the molecule is O=C(NC1CCNCC1)[C@@H]1CC[C@@H](NOS(=O)(=O)O)CN1. The Labute approximate surface area is 124 Å². The minimum Gasteiger partial charge on any atom is -0.352 e. The van der Waals surface area contributed by atoms with Crippen molar-refractivity contribution in [1.29, 1.82) is 0 Å². The normalized spacial score (nSPS) is 28.2. The molecule has 0 saturated carbocycles. The molecule has 0 radical (unpaired) electrons. The maximum absolute atomic E-state index is 12.1. The van der Waals surface area contributed by atoms with Crippen LogP contribution in [0.4, 0.5) is 0 Å². The van der Waals surface area contributed by atoms with Gasteiger partial charge < -0.3 is 16.0 Å². The second-order valence-electron chi connectivity index (χ2n) is 5.40. The van der Waals surface area contributed by atoms with Crippen LogP contribution in [0, 0.1) is 0 Å². The van der Waals surface area contributed by atoms with Crippen molar-refractivity contribution in [1.82, 2.24) is 21.4 Å². The van der Waals surface area contributed by atoms with E-state index in [1.165, 1.54) is 0 Å². The van der Waals surface area contributed by atoms with Gasteiger partial charge in [0, 0.05) is 18.6 Å². The molecule has 2 saturated heterocycles. The average Bonchev–Trinajstić information content (AvgIpc) is 2.46. The van der Waals surface area contributed by atoms with E-state index in [9.17, 15) is 13.2 Å². The fourth-order valence-corrected chi connectivity index (χ4v) is 2.84. The highest BCUT2D eigenvalue weighted by Crippen LogP contribution is 2.10. The van der Waals surface area contributed by atoms with Crippen LogP contribution in [0.2, 0.25) is 0 Å². The van der Waals surface area contributed by atoms with Crippen LogP contribution in [-0.2, 0) is 19.5 Å². The molecule has 2 atom stereocenters. The zero-order chi connectivity index (χ0) is 15.3. The summed E-state index contributed by atoms with van der Waals surface area (Å²) in [6.07, 6.45) is 3.02. The lowest BCUT2D eigenvalue weighted by molar-refractivity contribution is -0.124. The van der Waals surface area contributed by atoms with Crippen LogP contribution >= 0.6 is 0 Å². The Balaban J connectivity index is 1.69. The fourth-order valence-electron chi connectivity index (χ4n) is 2.58. The molecule has 2 aliphatic rings. The number of nitrogens with one attached hydrogen (secondary N) is 4. The van der Waals surface area contributed by atoms with Gasteiger partial charge in [-0.2, -0.15) is 18.2 Å². The van der Waals surface area contributed by atoms with Crippen molar-refractivity contribution in [2.75, 3.05) is 19.6 Å². The van der Waals surface area contributed by atoms with Crippen molar-refractivity contribution in [3.63, 3.8) is 0 Å². The van der Waals surface area contributed by atoms with Crippen LogP contribution < -0.4 is 21.4 Å². The van der Waals surface area contributed by atoms with Gasteiger partial charge in [0.05, 0.1) is 6.04 Å². The predicted octanol–water partition coefficient (Wildman–Crippen LogP) is -1.70. The van der Waals surface area contributed by atoms with Crippen LogP contribution in [-0.4, -0.2) is 56.6 Å². The van der Waals surface area contributed by atoms with E-state index in [0.717, 1.165) is 25.9 Å². The lowest BCUT2D eigenvalue weighted by Gasteiger charge is -2.31. The van der Waals surface area contributed by atoms with E-state index in [2.05, 4.69) is 25.7 Å². The zero-order valence-electron chi connectivity index (χ0n) is 11.7. The van der Waals surface area contributed by atoms with Crippen LogP contribution in [0.15, 0.2) is 0 Å². The smallest absolute Gasteiger partial charge is 0.352 e. The molecule has 0 bridgehead atoms. The maximum atomic E-state index is 12.1. The third-order valence-electron chi connectivity index (χ3n) is 3.74. The average molecular weight is 322 g/mol. The van der Waals surface area contributed by atoms with Crippen LogP contribution in [0.3, 0.4) is 0 Å². The molecule has 0 unspecified atom stereocenters. The van der Waals surface area contributed by atoms with Crippen LogP contribution in [0.5, 0.6) is 0 Å². The fraction of sp³-hybridized carbons (Fsp3) is 0.909. The molecule has 2 fully saturated rings. The number of hydroxylamine groups is 1. The molecule has 1 amide bonds. The molecule has 10 heteroatoms. The molecular weight excluding hydrogens is 300 g/mol. The number of rotatable bonds is 5. The van der Waals surface area contributed by atoms with Crippen molar-refractivity contribution >= 4 is 16.3 Å². The van der Waals surface area contributed by atoms with Crippen molar-refractivity contribution in [2.24, 2.45) is 0 Å². The molecule has 21 heavy (non-hydrogen) atoms. The van der Waals surface area contributed by atoms with E-state index in [-0.39, 0.29) is 24.0 Å². The van der Waals surface area contributed by atoms with Crippen molar-refractivity contribution in [3.8, 4) is 0 Å².